The second-order valence-corrected chi connectivity index (χ2v) is 7.99. The molecule has 1 aromatic heterocycles. The third kappa shape index (κ3) is 3.27. The summed E-state index contributed by atoms with van der Waals surface area (Å²) in [5.41, 5.74) is 0. The van der Waals surface area contributed by atoms with Crippen molar-refractivity contribution >= 4 is 32.8 Å². The highest BCUT2D eigenvalue weighted by molar-refractivity contribution is 7.91. The molecule has 6 heteroatoms. The van der Waals surface area contributed by atoms with Crippen molar-refractivity contribution in [1.29, 1.82) is 0 Å². The lowest BCUT2D eigenvalue weighted by atomic mass is 10.2. The van der Waals surface area contributed by atoms with Gasteiger partial charge in [0, 0.05) is 17.5 Å². The molecule has 0 bridgehead atoms. The molecule has 0 N–H and O–H groups in total. The van der Waals surface area contributed by atoms with Gasteiger partial charge in [-0.15, -0.1) is 17.8 Å². The molecule has 2 rings (SSSR count). The van der Waals surface area contributed by atoms with E-state index in [1.165, 1.54) is 0 Å². The Labute approximate surface area is 117 Å². The smallest absolute Gasteiger partial charge is 0.151 e. The monoisotopic (exact) mass is 303 g/mol. The van der Waals surface area contributed by atoms with E-state index < -0.39 is 9.84 Å². The first-order chi connectivity index (χ1) is 8.52. The van der Waals surface area contributed by atoms with Crippen molar-refractivity contribution in [1.82, 2.24) is 4.90 Å². The first-order valence-corrected chi connectivity index (χ1v) is 8.69. The van der Waals surface area contributed by atoms with Crippen molar-refractivity contribution in [3.8, 4) is 12.3 Å². The number of rotatable bonds is 4. The zero-order chi connectivity index (χ0) is 13.2. The van der Waals surface area contributed by atoms with Crippen LogP contribution in [0.2, 0.25) is 5.02 Å². The van der Waals surface area contributed by atoms with E-state index in [-0.39, 0.29) is 17.5 Å². The van der Waals surface area contributed by atoms with Gasteiger partial charge in [-0.25, -0.2) is 8.42 Å². The van der Waals surface area contributed by atoms with Crippen LogP contribution >= 0.6 is 22.9 Å². The summed E-state index contributed by atoms with van der Waals surface area (Å²) in [6, 6.07) is 1.87. The normalized spacial score (nSPS) is 22.2. The lowest BCUT2D eigenvalue weighted by Gasteiger charge is -2.25. The van der Waals surface area contributed by atoms with Crippen molar-refractivity contribution in [2.24, 2.45) is 0 Å². The number of thiophene rings is 1. The van der Waals surface area contributed by atoms with Crippen molar-refractivity contribution in [3.05, 3.63) is 21.3 Å². The molecule has 1 aliphatic heterocycles. The zero-order valence-electron chi connectivity index (χ0n) is 9.80. The molecule has 0 spiro atoms. The van der Waals surface area contributed by atoms with Gasteiger partial charge in [0.1, 0.15) is 0 Å². The summed E-state index contributed by atoms with van der Waals surface area (Å²) in [7, 11) is -2.89. The minimum absolute atomic E-state index is 0.0178. The molecular formula is C12H14ClNO2S2. The molecule has 3 nitrogen and oxygen atoms in total. The first kappa shape index (κ1) is 13.9. The van der Waals surface area contributed by atoms with Gasteiger partial charge >= 0.3 is 0 Å². The van der Waals surface area contributed by atoms with E-state index in [2.05, 4.69) is 5.92 Å². The Hall–Kier alpha value is -0.540. The van der Waals surface area contributed by atoms with E-state index in [1.807, 2.05) is 16.3 Å². The maximum absolute atomic E-state index is 11.5. The minimum atomic E-state index is -2.89. The fraction of sp³-hybridized carbons (Fsp3) is 0.500. The predicted octanol–water partition coefficient (Wildman–Crippen LogP) is 2.02. The molecule has 1 aliphatic rings. The number of hydrogen-bond acceptors (Lipinski definition) is 4. The lowest BCUT2D eigenvalue weighted by molar-refractivity contribution is 0.232. The largest absolute Gasteiger partial charge is 0.283 e. The van der Waals surface area contributed by atoms with E-state index in [0.29, 0.717) is 19.5 Å². The standard InChI is InChI=1S/C12H14ClNO2S2/c1-2-5-14(8-12-11(13)3-6-17-12)10-4-7-18(15,16)9-10/h1,3,6,10H,4-5,7-9H2/t10-/m1/s1. The van der Waals surface area contributed by atoms with Crippen LogP contribution < -0.4 is 0 Å². The summed E-state index contributed by atoms with van der Waals surface area (Å²) in [6.45, 7) is 1.08. The highest BCUT2D eigenvalue weighted by atomic mass is 35.5. The topological polar surface area (TPSA) is 37.4 Å². The van der Waals surface area contributed by atoms with Crippen LogP contribution in [0.1, 0.15) is 11.3 Å². The molecule has 0 aliphatic carbocycles. The van der Waals surface area contributed by atoms with Crippen molar-refractivity contribution in [3.63, 3.8) is 0 Å². The molecule has 1 aromatic rings. The summed E-state index contributed by atoms with van der Waals surface area (Å²) < 4.78 is 23.0. The Balaban J connectivity index is 2.10. The lowest BCUT2D eigenvalue weighted by Crippen LogP contribution is -2.35. The van der Waals surface area contributed by atoms with Crippen molar-refractivity contribution in [2.45, 2.75) is 19.0 Å². The highest BCUT2D eigenvalue weighted by Gasteiger charge is 2.32. The quantitative estimate of drug-likeness (QED) is 0.799. The van der Waals surface area contributed by atoms with Gasteiger partial charge < -0.3 is 0 Å². The Bertz CT molecular complexity index is 559. The van der Waals surface area contributed by atoms with Crippen molar-refractivity contribution < 1.29 is 8.42 Å². The SMILES string of the molecule is C#CCN(Cc1sccc1Cl)[C@@H]1CCS(=O)(=O)C1. The molecule has 2 heterocycles. The fourth-order valence-electron chi connectivity index (χ4n) is 2.12. The predicted molar refractivity (Wildman–Crippen MR) is 75.6 cm³/mol. The number of terminal acetylenes is 1. The summed E-state index contributed by atoms with van der Waals surface area (Å²) in [4.78, 5) is 3.07. The van der Waals surface area contributed by atoms with E-state index in [0.717, 1.165) is 9.90 Å². The molecule has 1 saturated heterocycles. The van der Waals surface area contributed by atoms with Crippen LogP contribution in [-0.2, 0) is 16.4 Å². The van der Waals surface area contributed by atoms with Gasteiger partial charge in [-0.2, -0.15) is 0 Å². The van der Waals surface area contributed by atoms with Gasteiger partial charge in [0.15, 0.2) is 9.84 Å². The third-order valence-electron chi connectivity index (χ3n) is 3.06. The van der Waals surface area contributed by atoms with Crippen LogP contribution in [0.4, 0.5) is 0 Å². The van der Waals surface area contributed by atoms with E-state index in [1.54, 1.807) is 11.3 Å². The van der Waals surface area contributed by atoms with E-state index >= 15 is 0 Å². The molecular weight excluding hydrogens is 290 g/mol. The maximum atomic E-state index is 11.5. The van der Waals surface area contributed by atoms with Crippen LogP contribution in [-0.4, -0.2) is 37.4 Å². The van der Waals surface area contributed by atoms with Crippen LogP contribution in [0.25, 0.3) is 0 Å². The average Bonchev–Trinajstić information content (AvgIpc) is 2.85. The van der Waals surface area contributed by atoms with Gasteiger partial charge in [-0.05, 0) is 17.9 Å². The molecule has 18 heavy (non-hydrogen) atoms. The average molecular weight is 304 g/mol. The third-order valence-corrected chi connectivity index (χ3v) is 6.18. The number of halogens is 1. The maximum Gasteiger partial charge on any atom is 0.151 e. The van der Waals surface area contributed by atoms with Gasteiger partial charge in [0.25, 0.3) is 0 Å². The van der Waals surface area contributed by atoms with Crippen LogP contribution in [0, 0.1) is 12.3 Å². The molecule has 0 radical (unpaired) electrons. The second-order valence-electron chi connectivity index (χ2n) is 4.36. The Morgan fingerprint density at radius 3 is 2.89 bits per heavy atom. The Morgan fingerprint density at radius 1 is 1.61 bits per heavy atom. The molecule has 0 amide bonds. The summed E-state index contributed by atoms with van der Waals surface area (Å²) >= 11 is 7.63. The van der Waals surface area contributed by atoms with Crippen LogP contribution in [0.3, 0.4) is 0 Å². The molecule has 0 saturated carbocycles. The molecule has 0 unspecified atom stereocenters. The molecule has 0 aromatic carbocycles. The molecule has 98 valence electrons. The fourth-order valence-corrected chi connectivity index (χ4v) is 5.00. The first-order valence-electron chi connectivity index (χ1n) is 5.61. The zero-order valence-corrected chi connectivity index (χ0v) is 12.2. The Morgan fingerprint density at radius 2 is 2.39 bits per heavy atom. The van der Waals surface area contributed by atoms with Gasteiger partial charge in [0.2, 0.25) is 0 Å². The molecule has 1 fully saturated rings. The molecule has 1 atom stereocenters. The van der Waals surface area contributed by atoms with E-state index in [9.17, 15) is 8.42 Å². The number of nitrogens with zero attached hydrogens (tertiary/aromatic N) is 1. The van der Waals surface area contributed by atoms with Crippen LogP contribution in [0.15, 0.2) is 11.4 Å². The summed E-state index contributed by atoms with van der Waals surface area (Å²) in [6.07, 6.45) is 6.02. The Kier molecular flexibility index (Phi) is 4.33. The number of hydrogen-bond donors (Lipinski definition) is 0. The van der Waals surface area contributed by atoms with Gasteiger partial charge in [-0.1, -0.05) is 17.5 Å². The minimum Gasteiger partial charge on any atom is -0.283 e. The second kappa shape index (κ2) is 5.62. The van der Waals surface area contributed by atoms with Crippen LogP contribution in [0.5, 0.6) is 0 Å². The highest BCUT2D eigenvalue weighted by Crippen LogP contribution is 2.26. The van der Waals surface area contributed by atoms with Gasteiger partial charge in [-0.3, -0.25) is 4.90 Å². The summed E-state index contributed by atoms with van der Waals surface area (Å²) in [5.74, 6) is 3.06. The number of sulfone groups is 1. The van der Waals surface area contributed by atoms with E-state index in [4.69, 9.17) is 18.0 Å². The van der Waals surface area contributed by atoms with Crippen molar-refractivity contribution in [2.75, 3.05) is 18.1 Å². The van der Waals surface area contributed by atoms with Gasteiger partial charge in [0.05, 0.1) is 23.1 Å². The summed E-state index contributed by atoms with van der Waals surface area (Å²) in [5, 5.41) is 2.65.